The van der Waals surface area contributed by atoms with Crippen LogP contribution < -0.4 is 5.32 Å². The highest BCUT2D eigenvalue weighted by atomic mass is 16.6. The summed E-state index contributed by atoms with van der Waals surface area (Å²) in [7, 11) is 1.67. The van der Waals surface area contributed by atoms with Gasteiger partial charge in [0.2, 0.25) is 0 Å². The molecule has 0 saturated carbocycles. The molecule has 0 aliphatic carbocycles. The molecule has 1 aromatic carbocycles. The molecule has 19 heavy (non-hydrogen) atoms. The third kappa shape index (κ3) is 3.65. The maximum absolute atomic E-state index is 10.9. The summed E-state index contributed by atoms with van der Waals surface area (Å²) >= 11 is 0. The first-order valence-corrected chi connectivity index (χ1v) is 6.31. The molecule has 0 aromatic heterocycles. The van der Waals surface area contributed by atoms with Crippen LogP contribution in [0.4, 0.5) is 11.4 Å². The Morgan fingerprint density at radius 2 is 2.42 bits per heavy atom. The topological polar surface area (TPSA) is 73.6 Å². The lowest BCUT2D eigenvalue weighted by molar-refractivity contribution is -0.384. The third-order valence-electron chi connectivity index (χ3n) is 3.17. The van der Waals surface area contributed by atoms with Gasteiger partial charge in [0.1, 0.15) is 5.69 Å². The van der Waals surface area contributed by atoms with Gasteiger partial charge >= 0.3 is 0 Å². The molecule has 0 radical (unpaired) electrons. The van der Waals surface area contributed by atoms with Crippen molar-refractivity contribution in [2.24, 2.45) is 5.92 Å². The first kappa shape index (κ1) is 13.8. The summed E-state index contributed by atoms with van der Waals surface area (Å²) in [5, 5.41) is 13.7. The average molecular weight is 266 g/mol. The largest absolute Gasteiger partial charge is 0.383 e. The van der Waals surface area contributed by atoms with E-state index in [1.807, 2.05) is 6.07 Å². The fourth-order valence-corrected chi connectivity index (χ4v) is 2.09. The van der Waals surface area contributed by atoms with Crippen LogP contribution in [0.5, 0.6) is 0 Å². The first-order valence-electron chi connectivity index (χ1n) is 6.31. The van der Waals surface area contributed by atoms with E-state index in [0.29, 0.717) is 24.8 Å². The maximum atomic E-state index is 10.9. The average Bonchev–Trinajstić information content (AvgIpc) is 2.91. The SMILES string of the molecule is CNc1ccc(COCC2CCOC2)cc1[N+](=O)[O-]. The molecule has 6 nitrogen and oxygen atoms in total. The highest BCUT2D eigenvalue weighted by molar-refractivity contribution is 5.62. The van der Waals surface area contributed by atoms with E-state index < -0.39 is 0 Å². The van der Waals surface area contributed by atoms with E-state index in [2.05, 4.69) is 5.32 Å². The molecule has 0 amide bonds. The highest BCUT2D eigenvalue weighted by Gasteiger charge is 2.16. The highest BCUT2D eigenvalue weighted by Crippen LogP contribution is 2.25. The quantitative estimate of drug-likeness (QED) is 0.631. The molecule has 2 rings (SSSR count). The number of ether oxygens (including phenoxy) is 2. The Bertz CT molecular complexity index is 444. The Morgan fingerprint density at radius 3 is 3.05 bits per heavy atom. The second-order valence-corrected chi connectivity index (χ2v) is 4.60. The molecule has 1 aliphatic rings. The number of nitro groups is 1. The summed E-state index contributed by atoms with van der Waals surface area (Å²) in [6.07, 6.45) is 1.03. The Kier molecular flexibility index (Phi) is 4.70. The van der Waals surface area contributed by atoms with E-state index in [0.717, 1.165) is 25.2 Å². The molecule has 1 N–H and O–H groups in total. The second kappa shape index (κ2) is 6.49. The van der Waals surface area contributed by atoms with Gasteiger partial charge in [-0.3, -0.25) is 10.1 Å². The summed E-state index contributed by atoms with van der Waals surface area (Å²) in [4.78, 5) is 10.5. The summed E-state index contributed by atoms with van der Waals surface area (Å²) in [6.45, 7) is 2.58. The van der Waals surface area contributed by atoms with E-state index in [-0.39, 0.29) is 10.6 Å². The molecule has 0 spiro atoms. The zero-order valence-electron chi connectivity index (χ0n) is 10.9. The van der Waals surface area contributed by atoms with Crippen molar-refractivity contribution in [3.8, 4) is 0 Å². The fraction of sp³-hybridized carbons (Fsp3) is 0.538. The van der Waals surface area contributed by atoms with Gasteiger partial charge < -0.3 is 14.8 Å². The van der Waals surface area contributed by atoms with Crippen molar-refractivity contribution in [2.75, 3.05) is 32.2 Å². The minimum absolute atomic E-state index is 0.0767. The molecule has 1 fully saturated rings. The van der Waals surface area contributed by atoms with Crippen LogP contribution in [0, 0.1) is 16.0 Å². The number of hydrogen-bond donors (Lipinski definition) is 1. The number of nitrogens with zero attached hydrogens (tertiary/aromatic N) is 1. The molecule has 1 unspecified atom stereocenters. The van der Waals surface area contributed by atoms with Gasteiger partial charge in [-0.2, -0.15) is 0 Å². The summed E-state index contributed by atoms with van der Waals surface area (Å²) in [6, 6.07) is 5.09. The van der Waals surface area contributed by atoms with Gasteiger partial charge in [-0.05, 0) is 18.1 Å². The van der Waals surface area contributed by atoms with Crippen molar-refractivity contribution in [1.29, 1.82) is 0 Å². The van der Waals surface area contributed by atoms with Gasteiger partial charge in [-0.1, -0.05) is 6.07 Å². The van der Waals surface area contributed by atoms with E-state index in [1.54, 1.807) is 19.2 Å². The molecule has 1 aliphatic heterocycles. The Morgan fingerprint density at radius 1 is 1.58 bits per heavy atom. The lowest BCUT2D eigenvalue weighted by Gasteiger charge is -2.09. The zero-order chi connectivity index (χ0) is 13.7. The molecule has 1 heterocycles. The second-order valence-electron chi connectivity index (χ2n) is 4.60. The number of hydrogen-bond acceptors (Lipinski definition) is 5. The fourth-order valence-electron chi connectivity index (χ4n) is 2.09. The minimum Gasteiger partial charge on any atom is -0.383 e. The van der Waals surface area contributed by atoms with Crippen LogP contribution in [-0.4, -0.2) is 31.8 Å². The molecule has 104 valence electrons. The van der Waals surface area contributed by atoms with Gasteiger partial charge in [0.25, 0.3) is 5.69 Å². The van der Waals surface area contributed by atoms with Gasteiger partial charge in [0.05, 0.1) is 24.7 Å². The van der Waals surface area contributed by atoms with Crippen molar-refractivity contribution < 1.29 is 14.4 Å². The summed E-state index contributed by atoms with van der Waals surface area (Å²) in [5.74, 6) is 0.451. The predicted octanol–water partition coefficient (Wildman–Crippen LogP) is 2.19. The third-order valence-corrected chi connectivity index (χ3v) is 3.17. The van der Waals surface area contributed by atoms with Crippen molar-refractivity contribution in [3.63, 3.8) is 0 Å². The zero-order valence-corrected chi connectivity index (χ0v) is 10.9. The number of nitrogens with one attached hydrogen (secondary N) is 1. The number of benzene rings is 1. The van der Waals surface area contributed by atoms with E-state index in [4.69, 9.17) is 9.47 Å². The summed E-state index contributed by atoms with van der Waals surface area (Å²) < 4.78 is 10.9. The Balaban J connectivity index is 1.92. The van der Waals surface area contributed by atoms with Gasteiger partial charge in [0.15, 0.2) is 0 Å². The van der Waals surface area contributed by atoms with Crippen LogP contribution in [-0.2, 0) is 16.1 Å². The van der Waals surface area contributed by atoms with E-state index >= 15 is 0 Å². The van der Waals surface area contributed by atoms with Crippen LogP contribution in [0.2, 0.25) is 0 Å². The van der Waals surface area contributed by atoms with Crippen LogP contribution in [0.25, 0.3) is 0 Å². The van der Waals surface area contributed by atoms with Crippen LogP contribution in [0.3, 0.4) is 0 Å². The normalized spacial score (nSPS) is 18.5. The minimum atomic E-state index is -0.389. The van der Waals surface area contributed by atoms with Crippen LogP contribution in [0.15, 0.2) is 18.2 Å². The van der Waals surface area contributed by atoms with Crippen molar-refractivity contribution >= 4 is 11.4 Å². The predicted molar refractivity (Wildman–Crippen MR) is 71.2 cm³/mol. The van der Waals surface area contributed by atoms with Crippen molar-refractivity contribution in [1.82, 2.24) is 0 Å². The Hall–Kier alpha value is -1.66. The lowest BCUT2D eigenvalue weighted by Crippen LogP contribution is -2.09. The molecule has 1 atom stereocenters. The monoisotopic (exact) mass is 266 g/mol. The van der Waals surface area contributed by atoms with Gasteiger partial charge in [-0.15, -0.1) is 0 Å². The molecular weight excluding hydrogens is 248 g/mol. The van der Waals surface area contributed by atoms with E-state index in [9.17, 15) is 10.1 Å². The molecule has 0 bridgehead atoms. The Labute approximate surface area is 111 Å². The van der Waals surface area contributed by atoms with Crippen molar-refractivity contribution in [3.05, 3.63) is 33.9 Å². The van der Waals surface area contributed by atoms with Crippen LogP contribution in [0.1, 0.15) is 12.0 Å². The lowest BCUT2D eigenvalue weighted by atomic mass is 10.1. The molecule has 6 heteroatoms. The summed E-state index contributed by atoms with van der Waals surface area (Å²) in [5.41, 5.74) is 1.40. The molecule has 1 saturated heterocycles. The van der Waals surface area contributed by atoms with Gasteiger partial charge in [0, 0.05) is 25.6 Å². The standard InChI is InChI=1S/C13H18N2O4/c1-14-12-3-2-10(6-13(12)15(16)17)7-19-9-11-4-5-18-8-11/h2-3,6,11,14H,4-5,7-9H2,1H3. The number of anilines is 1. The maximum Gasteiger partial charge on any atom is 0.292 e. The van der Waals surface area contributed by atoms with Crippen LogP contribution >= 0.6 is 0 Å². The smallest absolute Gasteiger partial charge is 0.292 e. The molecule has 1 aromatic rings. The number of rotatable bonds is 6. The molecular formula is C13H18N2O4. The first-order chi connectivity index (χ1) is 9.20. The van der Waals surface area contributed by atoms with Crippen molar-refractivity contribution in [2.45, 2.75) is 13.0 Å². The van der Waals surface area contributed by atoms with Gasteiger partial charge in [-0.25, -0.2) is 0 Å². The number of nitro benzene ring substituents is 1. The van der Waals surface area contributed by atoms with E-state index in [1.165, 1.54) is 0 Å².